The van der Waals surface area contributed by atoms with E-state index in [-0.39, 0.29) is 0 Å². The highest BCUT2D eigenvalue weighted by Crippen LogP contribution is 2.37. The monoisotopic (exact) mass is 331 g/mol. The summed E-state index contributed by atoms with van der Waals surface area (Å²) in [6.07, 6.45) is 4.75. The quantitative estimate of drug-likeness (QED) is 0.346. The molecule has 0 saturated carbocycles. The molecule has 1 saturated heterocycles. The van der Waals surface area contributed by atoms with Crippen LogP contribution in [0.3, 0.4) is 0 Å². The van der Waals surface area contributed by atoms with Crippen molar-refractivity contribution in [3.8, 4) is 0 Å². The molecule has 1 aliphatic heterocycles. The minimum atomic E-state index is 0.331. The van der Waals surface area contributed by atoms with Crippen molar-refractivity contribution < 1.29 is 9.47 Å². The van der Waals surface area contributed by atoms with Crippen LogP contribution in [0.15, 0.2) is 4.99 Å². The summed E-state index contributed by atoms with van der Waals surface area (Å²) in [5.74, 6) is 2.22. The molecule has 1 aliphatic rings. The van der Waals surface area contributed by atoms with Crippen molar-refractivity contribution in [3.63, 3.8) is 0 Å². The van der Waals surface area contributed by atoms with Crippen LogP contribution in [0.25, 0.3) is 0 Å². The summed E-state index contributed by atoms with van der Waals surface area (Å²) < 4.78 is 10.7. The average Bonchev–Trinajstić information content (AvgIpc) is 2.94. The maximum atomic E-state index is 5.46. The Morgan fingerprint density at radius 2 is 2.09 bits per heavy atom. The van der Waals surface area contributed by atoms with Gasteiger partial charge in [0, 0.05) is 31.6 Å². The lowest BCUT2D eigenvalue weighted by Crippen LogP contribution is -2.39. The predicted molar refractivity (Wildman–Crippen MR) is 96.0 cm³/mol. The van der Waals surface area contributed by atoms with E-state index in [1.807, 2.05) is 0 Å². The highest BCUT2D eigenvalue weighted by molar-refractivity contribution is 8.00. The molecule has 5 nitrogen and oxygen atoms in total. The van der Waals surface area contributed by atoms with Gasteiger partial charge in [0.2, 0.25) is 0 Å². The largest absolute Gasteiger partial charge is 0.382 e. The molecule has 1 heterocycles. The van der Waals surface area contributed by atoms with Gasteiger partial charge < -0.3 is 20.1 Å². The second kappa shape index (κ2) is 12.0. The third kappa shape index (κ3) is 8.86. The second-order valence-electron chi connectivity index (χ2n) is 5.84. The van der Waals surface area contributed by atoms with E-state index in [1.54, 1.807) is 7.11 Å². The summed E-state index contributed by atoms with van der Waals surface area (Å²) in [6, 6.07) is 0. The lowest BCUT2D eigenvalue weighted by molar-refractivity contribution is 0.0689. The summed E-state index contributed by atoms with van der Waals surface area (Å²) in [7, 11) is 1.69. The fourth-order valence-electron chi connectivity index (χ4n) is 2.33. The topological polar surface area (TPSA) is 54.9 Å². The molecule has 1 fully saturated rings. The Hall–Kier alpha value is -0.460. The normalized spacial score (nSPS) is 22.0. The number of nitrogens with one attached hydrogen (secondary N) is 2. The summed E-state index contributed by atoms with van der Waals surface area (Å²) in [6.45, 7) is 9.32. The van der Waals surface area contributed by atoms with Crippen LogP contribution < -0.4 is 10.6 Å². The van der Waals surface area contributed by atoms with Crippen molar-refractivity contribution in [2.24, 2.45) is 4.99 Å². The Kier molecular flexibility index (Phi) is 10.7. The van der Waals surface area contributed by atoms with Crippen LogP contribution >= 0.6 is 11.8 Å². The van der Waals surface area contributed by atoms with E-state index in [2.05, 4.69) is 36.2 Å². The number of methoxy groups -OCH3 is 1. The maximum Gasteiger partial charge on any atom is 0.191 e. The molecule has 0 amide bonds. The summed E-state index contributed by atoms with van der Waals surface area (Å²) in [5.41, 5.74) is 0. The van der Waals surface area contributed by atoms with Crippen LogP contribution in [0, 0.1) is 0 Å². The molecular formula is C16H33N3O2S. The number of nitrogens with zero attached hydrogens (tertiary/aromatic N) is 1. The molecule has 1 atom stereocenters. The Labute approximate surface area is 140 Å². The molecule has 0 radical (unpaired) electrons. The summed E-state index contributed by atoms with van der Waals surface area (Å²) in [4.78, 5) is 4.75. The van der Waals surface area contributed by atoms with E-state index in [0.29, 0.717) is 18.0 Å². The van der Waals surface area contributed by atoms with Gasteiger partial charge in [0.1, 0.15) is 0 Å². The zero-order chi connectivity index (χ0) is 16.1. The third-order valence-electron chi connectivity index (χ3n) is 3.66. The van der Waals surface area contributed by atoms with Crippen molar-refractivity contribution >= 4 is 17.7 Å². The zero-order valence-electron chi connectivity index (χ0n) is 14.5. The van der Waals surface area contributed by atoms with Gasteiger partial charge in [0.05, 0.1) is 19.8 Å². The minimum absolute atomic E-state index is 0.331. The van der Waals surface area contributed by atoms with Gasteiger partial charge in [-0.05, 0) is 45.3 Å². The maximum absolute atomic E-state index is 5.46. The fraction of sp³-hybridized carbons (Fsp3) is 0.938. The van der Waals surface area contributed by atoms with Crippen molar-refractivity contribution in [2.75, 3.05) is 52.3 Å². The third-order valence-corrected chi connectivity index (χ3v) is 5.18. The number of unbranched alkanes of at least 4 members (excludes halogenated alkanes) is 1. The summed E-state index contributed by atoms with van der Waals surface area (Å²) in [5, 5.41) is 6.74. The first-order valence-corrected chi connectivity index (χ1v) is 9.41. The van der Waals surface area contributed by atoms with Crippen LogP contribution in [0.1, 0.15) is 39.5 Å². The van der Waals surface area contributed by atoms with Gasteiger partial charge >= 0.3 is 0 Å². The molecule has 0 spiro atoms. The number of hydrogen-bond acceptors (Lipinski definition) is 4. The van der Waals surface area contributed by atoms with Gasteiger partial charge in [-0.3, -0.25) is 4.99 Å². The van der Waals surface area contributed by atoms with Crippen LogP contribution in [0.5, 0.6) is 0 Å². The standard InChI is InChI=1S/C16H33N3O2S/c1-4-17-15(19-14-16(2)8-7-13-22-16)18-9-5-6-10-21-12-11-20-3/h4-14H2,1-3H3,(H2,17,18,19). The Bertz CT molecular complexity index is 308. The lowest BCUT2D eigenvalue weighted by atomic mass is 10.1. The van der Waals surface area contributed by atoms with Crippen molar-refractivity contribution in [1.29, 1.82) is 0 Å². The molecule has 1 unspecified atom stereocenters. The molecule has 22 heavy (non-hydrogen) atoms. The van der Waals surface area contributed by atoms with Gasteiger partial charge in [0.15, 0.2) is 5.96 Å². The number of rotatable bonds is 11. The summed E-state index contributed by atoms with van der Waals surface area (Å²) >= 11 is 2.06. The molecule has 0 aromatic rings. The highest BCUT2D eigenvalue weighted by Gasteiger charge is 2.29. The number of hydrogen-bond donors (Lipinski definition) is 2. The van der Waals surface area contributed by atoms with E-state index >= 15 is 0 Å². The Morgan fingerprint density at radius 3 is 2.77 bits per heavy atom. The zero-order valence-corrected chi connectivity index (χ0v) is 15.3. The first-order valence-electron chi connectivity index (χ1n) is 8.43. The average molecular weight is 332 g/mol. The fourth-order valence-corrected chi connectivity index (χ4v) is 3.56. The van der Waals surface area contributed by atoms with Crippen molar-refractivity contribution in [2.45, 2.75) is 44.3 Å². The molecule has 0 aliphatic carbocycles. The second-order valence-corrected chi connectivity index (χ2v) is 7.52. The van der Waals surface area contributed by atoms with Gasteiger partial charge in [-0.1, -0.05) is 0 Å². The first-order chi connectivity index (χ1) is 10.7. The molecule has 6 heteroatoms. The molecule has 0 bridgehead atoms. The van der Waals surface area contributed by atoms with E-state index in [4.69, 9.17) is 14.5 Å². The number of thioether (sulfide) groups is 1. The van der Waals surface area contributed by atoms with E-state index in [0.717, 1.165) is 45.0 Å². The number of aliphatic imine (C=N–C) groups is 1. The Morgan fingerprint density at radius 1 is 1.23 bits per heavy atom. The highest BCUT2D eigenvalue weighted by atomic mass is 32.2. The molecular weight excluding hydrogens is 298 g/mol. The Balaban J connectivity index is 2.15. The van der Waals surface area contributed by atoms with E-state index < -0.39 is 0 Å². The molecule has 0 aromatic carbocycles. The van der Waals surface area contributed by atoms with Crippen LogP contribution in [-0.2, 0) is 9.47 Å². The first kappa shape index (κ1) is 19.6. The van der Waals surface area contributed by atoms with Gasteiger partial charge in [-0.2, -0.15) is 11.8 Å². The lowest BCUT2D eigenvalue weighted by Gasteiger charge is -2.21. The minimum Gasteiger partial charge on any atom is -0.382 e. The van der Waals surface area contributed by atoms with Crippen LogP contribution in [-0.4, -0.2) is 63.0 Å². The number of guanidine groups is 1. The molecule has 130 valence electrons. The van der Waals surface area contributed by atoms with Gasteiger partial charge in [-0.25, -0.2) is 0 Å². The molecule has 2 N–H and O–H groups in total. The SMILES string of the molecule is CCNC(=NCC1(C)CCCS1)NCCCCOCCOC. The van der Waals surface area contributed by atoms with Crippen LogP contribution in [0.2, 0.25) is 0 Å². The molecule has 0 aromatic heterocycles. The smallest absolute Gasteiger partial charge is 0.191 e. The van der Waals surface area contributed by atoms with Gasteiger partial charge in [0.25, 0.3) is 0 Å². The van der Waals surface area contributed by atoms with Crippen LogP contribution in [0.4, 0.5) is 0 Å². The van der Waals surface area contributed by atoms with Crippen molar-refractivity contribution in [1.82, 2.24) is 10.6 Å². The molecule has 1 rings (SSSR count). The van der Waals surface area contributed by atoms with Crippen molar-refractivity contribution in [3.05, 3.63) is 0 Å². The van der Waals surface area contributed by atoms with E-state index in [1.165, 1.54) is 18.6 Å². The predicted octanol–water partition coefficient (Wildman–Crippen LogP) is 2.27. The van der Waals surface area contributed by atoms with E-state index in [9.17, 15) is 0 Å². The number of ether oxygens (including phenoxy) is 2. The van der Waals surface area contributed by atoms with Gasteiger partial charge in [-0.15, -0.1) is 0 Å².